The molecule has 98 valence electrons. The molecule has 0 bridgehead atoms. The number of carbonyl (C=O) groups excluding carboxylic acids is 1. The zero-order valence-electron chi connectivity index (χ0n) is 10.8. The molecule has 2 rings (SSSR count). The molecule has 2 aromatic carbocycles. The van der Waals surface area contributed by atoms with E-state index in [1.165, 1.54) is 7.11 Å². The van der Waals surface area contributed by atoms with E-state index in [2.05, 4.69) is 0 Å². The van der Waals surface area contributed by atoms with E-state index < -0.39 is 5.91 Å². The lowest BCUT2D eigenvalue weighted by atomic mass is 10.0. The van der Waals surface area contributed by atoms with Gasteiger partial charge in [-0.15, -0.1) is 0 Å². The summed E-state index contributed by atoms with van der Waals surface area (Å²) in [5.74, 6) is 0.475. The van der Waals surface area contributed by atoms with Crippen molar-refractivity contribution in [1.82, 2.24) is 0 Å². The molecule has 1 amide bonds. The van der Waals surface area contributed by atoms with E-state index in [0.29, 0.717) is 17.1 Å². The molecule has 0 heterocycles. The summed E-state index contributed by atoms with van der Waals surface area (Å²) in [6, 6.07) is 13.1. The second-order valence-electron chi connectivity index (χ2n) is 3.98. The minimum absolute atomic E-state index is 0.305. The van der Waals surface area contributed by atoms with Crippen molar-refractivity contribution in [1.29, 1.82) is 0 Å². The second-order valence-corrected chi connectivity index (χ2v) is 3.98. The molecule has 0 saturated carbocycles. The fraction of sp³-hybridized carbons (Fsp3) is 0.133. The summed E-state index contributed by atoms with van der Waals surface area (Å²) >= 11 is 0. The molecule has 0 atom stereocenters. The van der Waals surface area contributed by atoms with Gasteiger partial charge in [0.05, 0.1) is 19.8 Å². The van der Waals surface area contributed by atoms with E-state index in [-0.39, 0.29) is 0 Å². The fourth-order valence-corrected chi connectivity index (χ4v) is 1.93. The van der Waals surface area contributed by atoms with E-state index in [1.54, 1.807) is 19.2 Å². The van der Waals surface area contributed by atoms with Crippen molar-refractivity contribution < 1.29 is 14.3 Å². The molecule has 0 aliphatic rings. The summed E-state index contributed by atoms with van der Waals surface area (Å²) in [6.45, 7) is 0. The van der Waals surface area contributed by atoms with Crippen LogP contribution in [0.25, 0.3) is 11.1 Å². The van der Waals surface area contributed by atoms with Crippen molar-refractivity contribution in [3.63, 3.8) is 0 Å². The van der Waals surface area contributed by atoms with Gasteiger partial charge in [0.2, 0.25) is 0 Å². The van der Waals surface area contributed by atoms with Crippen LogP contribution >= 0.6 is 0 Å². The summed E-state index contributed by atoms with van der Waals surface area (Å²) in [6.07, 6.45) is 0. The number of methoxy groups -OCH3 is 2. The Labute approximate surface area is 111 Å². The number of primary amides is 1. The molecule has 4 nitrogen and oxygen atoms in total. The predicted octanol–water partition coefficient (Wildman–Crippen LogP) is 2.47. The lowest BCUT2D eigenvalue weighted by molar-refractivity contribution is 0.0997. The van der Waals surface area contributed by atoms with E-state index in [0.717, 1.165) is 11.1 Å². The molecule has 0 aliphatic heterocycles. The summed E-state index contributed by atoms with van der Waals surface area (Å²) in [5.41, 5.74) is 7.46. The van der Waals surface area contributed by atoms with Crippen LogP contribution in [0.2, 0.25) is 0 Å². The average molecular weight is 257 g/mol. The van der Waals surface area contributed by atoms with Crippen molar-refractivity contribution >= 4 is 5.91 Å². The molecule has 0 radical (unpaired) electrons. The molecule has 0 spiro atoms. The number of carbonyl (C=O) groups is 1. The van der Waals surface area contributed by atoms with Gasteiger partial charge in [-0.2, -0.15) is 0 Å². The molecule has 0 aromatic heterocycles. The minimum atomic E-state index is -0.547. The molecule has 0 saturated heterocycles. The topological polar surface area (TPSA) is 61.6 Å². The zero-order chi connectivity index (χ0) is 13.8. The first-order valence-corrected chi connectivity index (χ1v) is 5.78. The molecule has 0 fully saturated rings. The Hall–Kier alpha value is -2.49. The average Bonchev–Trinajstić information content (AvgIpc) is 2.46. The Bertz CT molecular complexity index is 594. The van der Waals surface area contributed by atoms with Crippen LogP contribution in [0.4, 0.5) is 0 Å². The maximum Gasteiger partial charge on any atom is 0.252 e. The molecule has 2 aromatic rings. The predicted molar refractivity (Wildman–Crippen MR) is 73.5 cm³/mol. The van der Waals surface area contributed by atoms with Crippen molar-refractivity contribution in [3.05, 3.63) is 48.0 Å². The Morgan fingerprint density at radius 3 is 2.16 bits per heavy atom. The Morgan fingerprint density at radius 2 is 1.63 bits per heavy atom. The van der Waals surface area contributed by atoms with Gasteiger partial charge >= 0.3 is 0 Å². The van der Waals surface area contributed by atoms with Crippen molar-refractivity contribution in [3.8, 4) is 22.6 Å². The Balaban J connectivity index is 2.65. The van der Waals surface area contributed by atoms with Crippen LogP contribution in [0.15, 0.2) is 42.5 Å². The molecular formula is C15H15NO3. The zero-order valence-corrected chi connectivity index (χ0v) is 10.8. The van der Waals surface area contributed by atoms with Crippen LogP contribution < -0.4 is 15.2 Å². The van der Waals surface area contributed by atoms with Crippen LogP contribution in [0.5, 0.6) is 11.5 Å². The minimum Gasteiger partial charge on any atom is -0.496 e. The number of nitrogens with two attached hydrogens (primary N) is 1. The quantitative estimate of drug-likeness (QED) is 0.915. The van der Waals surface area contributed by atoms with E-state index in [1.807, 2.05) is 30.3 Å². The van der Waals surface area contributed by atoms with Crippen molar-refractivity contribution in [2.45, 2.75) is 0 Å². The van der Waals surface area contributed by atoms with Gasteiger partial charge in [-0.3, -0.25) is 4.79 Å². The number of ether oxygens (including phenoxy) is 2. The maximum absolute atomic E-state index is 11.4. The normalized spacial score (nSPS) is 10.0. The number of hydrogen-bond acceptors (Lipinski definition) is 3. The fourth-order valence-electron chi connectivity index (χ4n) is 1.93. The Morgan fingerprint density at radius 1 is 1.00 bits per heavy atom. The van der Waals surface area contributed by atoms with E-state index in [4.69, 9.17) is 15.2 Å². The summed E-state index contributed by atoms with van der Waals surface area (Å²) in [4.78, 5) is 11.4. The van der Waals surface area contributed by atoms with Crippen LogP contribution in [0, 0.1) is 0 Å². The van der Waals surface area contributed by atoms with Gasteiger partial charge in [0, 0.05) is 5.56 Å². The smallest absolute Gasteiger partial charge is 0.252 e. The Kier molecular flexibility index (Phi) is 3.71. The lowest BCUT2D eigenvalue weighted by Gasteiger charge is -2.13. The second kappa shape index (κ2) is 5.44. The van der Waals surface area contributed by atoms with Gasteiger partial charge < -0.3 is 15.2 Å². The third-order valence-corrected chi connectivity index (χ3v) is 2.87. The third kappa shape index (κ3) is 2.52. The van der Waals surface area contributed by atoms with Gasteiger partial charge in [0.1, 0.15) is 11.5 Å². The lowest BCUT2D eigenvalue weighted by Crippen LogP contribution is -2.13. The highest BCUT2D eigenvalue weighted by Gasteiger charge is 2.15. The van der Waals surface area contributed by atoms with Crippen molar-refractivity contribution in [2.24, 2.45) is 5.73 Å². The molecule has 0 aliphatic carbocycles. The molecule has 2 N–H and O–H groups in total. The molecular weight excluding hydrogens is 242 g/mol. The highest BCUT2D eigenvalue weighted by molar-refractivity contribution is 5.97. The molecule has 4 heteroatoms. The van der Waals surface area contributed by atoms with Gasteiger partial charge in [-0.05, 0) is 17.7 Å². The largest absolute Gasteiger partial charge is 0.496 e. The highest BCUT2D eigenvalue weighted by Crippen LogP contribution is 2.35. The van der Waals surface area contributed by atoms with Crippen LogP contribution in [-0.4, -0.2) is 20.1 Å². The van der Waals surface area contributed by atoms with Gasteiger partial charge in [0.25, 0.3) is 5.91 Å². The van der Waals surface area contributed by atoms with Gasteiger partial charge in [0.15, 0.2) is 0 Å². The number of hydrogen-bond donors (Lipinski definition) is 1. The van der Waals surface area contributed by atoms with Gasteiger partial charge in [-0.25, -0.2) is 0 Å². The monoisotopic (exact) mass is 257 g/mol. The van der Waals surface area contributed by atoms with Crippen LogP contribution in [-0.2, 0) is 0 Å². The summed E-state index contributed by atoms with van der Waals surface area (Å²) in [7, 11) is 3.06. The third-order valence-electron chi connectivity index (χ3n) is 2.87. The summed E-state index contributed by atoms with van der Waals surface area (Å²) < 4.78 is 10.5. The number of rotatable bonds is 4. The molecule has 19 heavy (non-hydrogen) atoms. The first kappa shape index (κ1) is 13.0. The first-order chi connectivity index (χ1) is 9.17. The highest BCUT2D eigenvalue weighted by atomic mass is 16.5. The van der Waals surface area contributed by atoms with Crippen LogP contribution in [0.3, 0.4) is 0 Å². The standard InChI is InChI=1S/C15H15NO3/c1-18-13-9-12(15(16)17)14(19-2)8-11(13)10-6-4-3-5-7-10/h3-9H,1-2H3,(H2,16,17). The van der Waals surface area contributed by atoms with Gasteiger partial charge in [-0.1, -0.05) is 30.3 Å². The maximum atomic E-state index is 11.4. The first-order valence-electron chi connectivity index (χ1n) is 5.78. The number of benzene rings is 2. The van der Waals surface area contributed by atoms with Crippen molar-refractivity contribution in [2.75, 3.05) is 14.2 Å². The van der Waals surface area contributed by atoms with E-state index in [9.17, 15) is 4.79 Å². The summed E-state index contributed by atoms with van der Waals surface area (Å²) in [5, 5.41) is 0. The van der Waals surface area contributed by atoms with Crippen LogP contribution in [0.1, 0.15) is 10.4 Å². The SMILES string of the molecule is COc1cc(-c2ccccc2)c(OC)cc1C(N)=O. The molecule has 0 unspecified atom stereocenters. The van der Waals surface area contributed by atoms with E-state index >= 15 is 0 Å². The number of amides is 1.